The largest absolute Gasteiger partial charge is 0.478 e. The average Bonchev–Trinajstić information content (AvgIpc) is 3.89. The van der Waals surface area contributed by atoms with E-state index in [2.05, 4.69) is 61.1 Å². The summed E-state index contributed by atoms with van der Waals surface area (Å²) in [5.74, 6) is -0.924. The van der Waals surface area contributed by atoms with Crippen LogP contribution in [0.1, 0.15) is 34.6 Å². The van der Waals surface area contributed by atoms with Gasteiger partial charge in [0.1, 0.15) is 0 Å². The summed E-state index contributed by atoms with van der Waals surface area (Å²) in [6.45, 7) is 4.62. The number of imidazole rings is 2. The lowest BCUT2D eigenvalue weighted by molar-refractivity contribution is 0.0599. The standard InChI is InChI=1S/C22H20N6O3.C21H18N6O3/c1-3-24-22(30)28-21-26-18-11-15(14-5-4-7-23-12-14)9-16(19(18)27-21)17-10-13(6-8-25-17)20(29)31-2;1-2-23-21(30)27-20-25-17-10-14(13-4-3-6-22-11-13)8-15(18(17)26-20)16-9-12(19(28)29)5-7-24-16/h4-12H,3H2,1-2H3,(H3,24,26,27,28,30);3-11H,2H2,1H3,(H,28,29)(H3,23,25,26,27,30). The van der Waals surface area contributed by atoms with E-state index in [-0.39, 0.29) is 23.6 Å². The maximum atomic E-state index is 12.0. The number of anilines is 2. The lowest BCUT2D eigenvalue weighted by atomic mass is 10.0. The Morgan fingerprint density at radius 2 is 1.10 bits per heavy atom. The third kappa shape index (κ3) is 9.44. The van der Waals surface area contributed by atoms with Crippen LogP contribution < -0.4 is 21.3 Å². The fourth-order valence-corrected chi connectivity index (χ4v) is 6.30. The number of H-pyrrole nitrogens is 2. The second-order valence-corrected chi connectivity index (χ2v) is 13.1. The number of rotatable bonds is 10. The maximum absolute atomic E-state index is 12.0. The number of nitrogens with one attached hydrogen (secondary N) is 6. The fourth-order valence-electron chi connectivity index (χ4n) is 6.30. The van der Waals surface area contributed by atoms with Crippen LogP contribution in [0.15, 0.2) is 110 Å². The number of hydrogen-bond donors (Lipinski definition) is 7. The molecule has 0 saturated carbocycles. The van der Waals surface area contributed by atoms with Crippen LogP contribution in [-0.4, -0.2) is 89.2 Å². The molecule has 61 heavy (non-hydrogen) atoms. The van der Waals surface area contributed by atoms with Gasteiger partial charge in [0.05, 0.1) is 51.7 Å². The Morgan fingerprint density at radius 3 is 1.52 bits per heavy atom. The van der Waals surface area contributed by atoms with Gasteiger partial charge in [0.15, 0.2) is 0 Å². The van der Waals surface area contributed by atoms with E-state index < -0.39 is 11.9 Å². The molecule has 18 nitrogen and oxygen atoms in total. The van der Waals surface area contributed by atoms with Crippen LogP contribution in [0.3, 0.4) is 0 Å². The first kappa shape index (κ1) is 40.6. The van der Waals surface area contributed by atoms with E-state index in [1.165, 1.54) is 25.4 Å². The number of carboxylic acids is 1. The molecule has 8 aromatic rings. The molecule has 0 spiro atoms. The summed E-state index contributed by atoms with van der Waals surface area (Å²) in [6.07, 6.45) is 9.87. The van der Waals surface area contributed by atoms with E-state index in [9.17, 15) is 24.3 Å². The second-order valence-electron chi connectivity index (χ2n) is 13.1. The molecule has 0 aliphatic heterocycles. The first-order chi connectivity index (χ1) is 29.6. The highest BCUT2D eigenvalue weighted by Gasteiger charge is 2.18. The van der Waals surface area contributed by atoms with Crippen molar-refractivity contribution in [2.75, 3.05) is 30.8 Å². The number of esters is 1. The third-order valence-corrected chi connectivity index (χ3v) is 9.04. The first-order valence-electron chi connectivity index (χ1n) is 18.9. The summed E-state index contributed by atoms with van der Waals surface area (Å²) in [6, 6.07) is 20.6. The molecule has 0 aliphatic carbocycles. The lowest BCUT2D eigenvalue weighted by Gasteiger charge is -2.08. The number of aromatic carboxylic acids is 1. The molecule has 6 aromatic heterocycles. The maximum Gasteiger partial charge on any atom is 0.337 e. The molecule has 0 radical (unpaired) electrons. The Labute approximate surface area is 347 Å². The third-order valence-electron chi connectivity index (χ3n) is 9.04. The van der Waals surface area contributed by atoms with Gasteiger partial charge in [0, 0.05) is 72.5 Å². The van der Waals surface area contributed by atoms with E-state index >= 15 is 0 Å². The number of carbonyl (C=O) groups is 4. The van der Waals surface area contributed by atoms with Gasteiger partial charge in [-0.2, -0.15) is 0 Å². The molecule has 306 valence electrons. The summed E-state index contributed by atoms with van der Waals surface area (Å²) >= 11 is 0. The Hall–Kier alpha value is -8.54. The molecule has 2 aromatic carbocycles. The molecule has 0 fully saturated rings. The van der Waals surface area contributed by atoms with Crippen molar-refractivity contribution in [2.24, 2.45) is 0 Å². The van der Waals surface area contributed by atoms with E-state index in [4.69, 9.17) is 4.74 Å². The van der Waals surface area contributed by atoms with Crippen molar-refractivity contribution in [1.82, 2.24) is 50.5 Å². The summed E-state index contributed by atoms with van der Waals surface area (Å²) in [5.41, 5.74) is 8.89. The predicted octanol–water partition coefficient (Wildman–Crippen LogP) is 7.14. The number of aromatic nitrogens is 8. The SMILES string of the molecule is CCNC(=O)Nc1nc2c(-c3cc(C(=O)O)ccn3)cc(-c3cccnc3)cc2[nH]1.CCNC(=O)Nc1nc2c(-c3cc(C(=O)OC)ccn3)cc(-c3cccnc3)cc2[nH]1. The van der Waals surface area contributed by atoms with E-state index in [0.29, 0.717) is 69.2 Å². The molecule has 0 saturated heterocycles. The number of fused-ring (bicyclic) bond motifs is 2. The number of aromatic amines is 2. The minimum atomic E-state index is -1.04. The Morgan fingerprint density at radius 1 is 0.623 bits per heavy atom. The molecule has 6 heterocycles. The van der Waals surface area contributed by atoms with Crippen molar-refractivity contribution in [1.29, 1.82) is 0 Å². The van der Waals surface area contributed by atoms with Crippen molar-refractivity contribution >= 4 is 58.0 Å². The molecule has 7 N–H and O–H groups in total. The molecule has 8 rings (SSSR count). The molecular weight excluding hydrogens is 781 g/mol. The highest BCUT2D eigenvalue weighted by molar-refractivity contribution is 6.00. The van der Waals surface area contributed by atoms with E-state index in [0.717, 1.165) is 22.3 Å². The summed E-state index contributed by atoms with van der Waals surface area (Å²) in [4.78, 5) is 79.6. The monoisotopic (exact) mass is 818 g/mol. The topological polar surface area (TPSA) is 255 Å². The highest BCUT2D eigenvalue weighted by atomic mass is 16.5. The summed E-state index contributed by atoms with van der Waals surface area (Å²) in [5, 5.41) is 20.0. The molecule has 0 atom stereocenters. The van der Waals surface area contributed by atoms with Crippen molar-refractivity contribution in [3.05, 3.63) is 121 Å². The number of carbonyl (C=O) groups excluding carboxylic acids is 3. The quantitative estimate of drug-likeness (QED) is 0.0680. The molecular formula is C43H38N12O6. The van der Waals surface area contributed by atoms with Gasteiger partial charge in [0.25, 0.3) is 0 Å². The highest BCUT2D eigenvalue weighted by Crippen LogP contribution is 2.35. The lowest BCUT2D eigenvalue weighted by Crippen LogP contribution is -2.28. The Balaban J connectivity index is 0.000000184. The van der Waals surface area contributed by atoms with Crippen LogP contribution >= 0.6 is 0 Å². The van der Waals surface area contributed by atoms with Crippen molar-refractivity contribution in [3.63, 3.8) is 0 Å². The Bertz CT molecular complexity index is 2880. The summed E-state index contributed by atoms with van der Waals surface area (Å²) in [7, 11) is 1.33. The van der Waals surface area contributed by atoms with Crippen molar-refractivity contribution in [3.8, 4) is 44.8 Å². The van der Waals surface area contributed by atoms with Gasteiger partial charge in [-0.15, -0.1) is 0 Å². The van der Waals surface area contributed by atoms with Crippen LogP contribution in [0.4, 0.5) is 21.5 Å². The number of amides is 4. The Kier molecular flexibility index (Phi) is 12.2. The van der Waals surface area contributed by atoms with Crippen LogP contribution in [-0.2, 0) is 4.74 Å². The number of carboxylic acid groups (broad SMARTS) is 1. The number of hydrogen-bond acceptors (Lipinski definition) is 11. The van der Waals surface area contributed by atoms with Gasteiger partial charge in [-0.25, -0.2) is 29.1 Å². The average molecular weight is 819 g/mol. The van der Waals surface area contributed by atoms with Gasteiger partial charge in [-0.1, -0.05) is 12.1 Å². The van der Waals surface area contributed by atoms with Gasteiger partial charge >= 0.3 is 24.0 Å². The zero-order chi connectivity index (χ0) is 42.9. The van der Waals surface area contributed by atoms with Crippen molar-refractivity contribution in [2.45, 2.75) is 13.8 Å². The van der Waals surface area contributed by atoms with Gasteiger partial charge in [-0.05, 0) is 85.6 Å². The molecule has 0 unspecified atom stereocenters. The number of methoxy groups -OCH3 is 1. The smallest absolute Gasteiger partial charge is 0.337 e. The van der Waals surface area contributed by atoms with Gasteiger partial charge in [0.2, 0.25) is 11.9 Å². The zero-order valence-corrected chi connectivity index (χ0v) is 33.0. The molecule has 0 bridgehead atoms. The van der Waals surface area contributed by atoms with Crippen LogP contribution in [0.25, 0.3) is 66.8 Å². The predicted molar refractivity (Wildman–Crippen MR) is 229 cm³/mol. The van der Waals surface area contributed by atoms with Crippen LogP contribution in [0.2, 0.25) is 0 Å². The van der Waals surface area contributed by atoms with E-state index in [1.807, 2.05) is 62.4 Å². The van der Waals surface area contributed by atoms with E-state index in [1.54, 1.807) is 43.1 Å². The number of urea groups is 2. The van der Waals surface area contributed by atoms with Gasteiger partial charge < -0.3 is 30.4 Å². The van der Waals surface area contributed by atoms with Crippen LogP contribution in [0, 0.1) is 0 Å². The zero-order valence-electron chi connectivity index (χ0n) is 33.0. The van der Waals surface area contributed by atoms with Gasteiger partial charge in [-0.3, -0.25) is 30.6 Å². The number of ether oxygens (including phenoxy) is 1. The number of benzene rings is 2. The summed E-state index contributed by atoms with van der Waals surface area (Å²) < 4.78 is 4.83. The second kappa shape index (κ2) is 18.4. The molecule has 18 heteroatoms. The molecule has 0 aliphatic rings. The first-order valence-corrected chi connectivity index (χ1v) is 18.9. The van der Waals surface area contributed by atoms with Crippen molar-refractivity contribution < 1.29 is 29.0 Å². The van der Waals surface area contributed by atoms with Crippen LogP contribution in [0.5, 0.6) is 0 Å². The fraction of sp³-hybridized carbons (Fsp3) is 0.116. The molecule has 4 amide bonds. The number of nitrogens with zero attached hydrogens (tertiary/aromatic N) is 6. The number of pyridine rings is 4. The minimum Gasteiger partial charge on any atom is -0.478 e. The normalized spacial score (nSPS) is 10.7. The minimum absolute atomic E-state index is 0.121.